The van der Waals surface area contributed by atoms with E-state index in [-0.39, 0.29) is 12.4 Å². The molecular formula is C19H18ClNO5. The van der Waals surface area contributed by atoms with Gasteiger partial charge in [0.25, 0.3) is 5.91 Å². The predicted octanol–water partition coefficient (Wildman–Crippen LogP) is 3.49. The molecule has 2 aromatic rings. The molecule has 136 valence electrons. The van der Waals surface area contributed by atoms with Crippen molar-refractivity contribution in [2.24, 2.45) is 0 Å². The summed E-state index contributed by atoms with van der Waals surface area (Å²) in [6, 6.07) is 12.9. The zero-order chi connectivity index (χ0) is 19.1. The first kappa shape index (κ1) is 19.5. The Balaban J connectivity index is 1.79. The molecule has 1 atom stereocenters. The van der Waals surface area contributed by atoms with Crippen molar-refractivity contribution in [2.75, 3.05) is 11.9 Å². The molecule has 0 aromatic heterocycles. The first-order valence-corrected chi connectivity index (χ1v) is 8.22. The summed E-state index contributed by atoms with van der Waals surface area (Å²) in [5, 5.41) is 3.17. The normalized spacial score (nSPS) is 11.3. The second-order valence-corrected chi connectivity index (χ2v) is 5.93. The third kappa shape index (κ3) is 5.89. The molecule has 0 aliphatic rings. The van der Waals surface area contributed by atoms with E-state index >= 15 is 0 Å². The van der Waals surface area contributed by atoms with Crippen LogP contribution in [0.4, 0.5) is 5.69 Å². The minimum atomic E-state index is -0.984. The molecule has 0 aliphatic heterocycles. The van der Waals surface area contributed by atoms with Gasteiger partial charge < -0.3 is 14.8 Å². The second-order valence-electron chi connectivity index (χ2n) is 5.50. The lowest BCUT2D eigenvalue weighted by atomic mass is 10.1. The number of ketones is 1. The molecular weight excluding hydrogens is 358 g/mol. The molecule has 0 fully saturated rings. The molecule has 2 aromatic carbocycles. The van der Waals surface area contributed by atoms with Gasteiger partial charge in [0.05, 0.1) is 0 Å². The lowest BCUT2D eigenvalue weighted by Gasteiger charge is -2.14. The smallest absolute Gasteiger partial charge is 0.344 e. The number of anilines is 1. The maximum atomic E-state index is 12.0. The third-order valence-electron chi connectivity index (χ3n) is 3.41. The van der Waals surface area contributed by atoms with Crippen LogP contribution < -0.4 is 10.1 Å². The Hall–Kier alpha value is -2.86. The number of Topliss-reactive ketones (excluding diaryl/α,β-unsaturated/α-hetero) is 1. The summed E-state index contributed by atoms with van der Waals surface area (Å²) in [5.74, 6) is -0.785. The second kappa shape index (κ2) is 9.01. The Morgan fingerprint density at radius 3 is 2.23 bits per heavy atom. The summed E-state index contributed by atoms with van der Waals surface area (Å²) in [5.41, 5.74) is 1.09. The van der Waals surface area contributed by atoms with Gasteiger partial charge in [0, 0.05) is 16.3 Å². The predicted molar refractivity (Wildman–Crippen MR) is 97.6 cm³/mol. The maximum Gasteiger partial charge on any atom is 0.344 e. The van der Waals surface area contributed by atoms with E-state index in [9.17, 15) is 14.4 Å². The van der Waals surface area contributed by atoms with E-state index in [0.29, 0.717) is 22.0 Å². The highest BCUT2D eigenvalue weighted by atomic mass is 35.5. The third-order valence-corrected chi connectivity index (χ3v) is 3.66. The molecule has 7 heteroatoms. The van der Waals surface area contributed by atoms with Crippen molar-refractivity contribution in [1.29, 1.82) is 0 Å². The fourth-order valence-corrected chi connectivity index (χ4v) is 2.12. The van der Waals surface area contributed by atoms with Crippen molar-refractivity contribution in [2.45, 2.75) is 20.0 Å². The van der Waals surface area contributed by atoms with E-state index in [1.807, 2.05) is 0 Å². The molecule has 0 unspecified atom stereocenters. The number of benzene rings is 2. The number of carbonyl (C=O) groups excluding carboxylic acids is 3. The first-order valence-electron chi connectivity index (χ1n) is 7.85. The van der Waals surface area contributed by atoms with Crippen molar-refractivity contribution in [3.05, 3.63) is 59.1 Å². The van der Waals surface area contributed by atoms with E-state index in [1.54, 1.807) is 48.5 Å². The summed E-state index contributed by atoms with van der Waals surface area (Å²) < 4.78 is 10.3. The fraction of sp³-hybridized carbons (Fsp3) is 0.211. The molecule has 6 nitrogen and oxygen atoms in total. The van der Waals surface area contributed by atoms with Gasteiger partial charge in [0.1, 0.15) is 5.75 Å². The van der Waals surface area contributed by atoms with Crippen LogP contribution in [0.25, 0.3) is 0 Å². The SMILES string of the molecule is CC(=O)c1ccc(OCC(=O)O[C@H](C)C(=O)Nc2ccc(Cl)cc2)cc1. The van der Waals surface area contributed by atoms with Gasteiger partial charge in [-0.1, -0.05) is 11.6 Å². The average Bonchev–Trinajstić information content (AvgIpc) is 2.62. The molecule has 1 amide bonds. The summed E-state index contributed by atoms with van der Waals surface area (Å²) in [6.07, 6.45) is -0.984. The molecule has 0 bridgehead atoms. The quantitative estimate of drug-likeness (QED) is 0.591. The molecule has 0 aliphatic carbocycles. The van der Waals surface area contributed by atoms with Gasteiger partial charge in [-0.25, -0.2) is 4.79 Å². The highest BCUT2D eigenvalue weighted by molar-refractivity contribution is 6.30. The van der Waals surface area contributed by atoms with Crippen molar-refractivity contribution in [3.8, 4) is 5.75 Å². The Morgan fingerprint density at radius 2 is 1.65 bits per heavy atom. The van der Waals surface area contributed by atoms with Gasteiger partial charge in [0.15, 0.2) is 18.5 Å². The van der Waals surface area contributed by atoms with Crippen LogP contribution >= 0.6 is 11.6 Å². The molecule has 1 N–H and O–H groups in total. The summed E-state index contributed by atoms with van der Waals surface area (Å²) in [6.45, 7) is 2.58. The zero-order valence-corrected chi connectivity index (χ0v) is 15.1. The Kier molecular flexibility index (Phi) is 6.74. The lowest BCUT2D eigenvalue weighted by Crippen LogP contribution is -2.31. The number of hydrogen-bond acceptors (Lipinski definition) is 5. The zero-order valence-electron chi connectivity index (χ0n) is 14.3. The van der Waals surface area contributed by atoms with Crippen molar-refractivity contribution < 1.29 is 23.9 Å². The number of rotatable bonds is 7. The van der Waals surface area contributed by atoms with E-state index in [4.69, 9.17) is 21.1 Å². The molecule has 0 heterocycles. The number of carbonyl (C=O) groups is 3. The Labute approximate surface area is 156 Å². The average molecular weight is 376 g/mol. The summed E-state index contributed by atoms with van der Waals surface area (Å²) in [4.78, 5) is 35.0. The molecule has 0 radical (unpaired) electrons. The van der Waals surface area contributed by atoms with Crippen molar-refractivity contribution >= 4 is 34.9 Å². The first-order chi connectivity index (χ1) is 12.3. The molecule has 0 spiro atoms. The van der Waals surface area contributed by atoms with Crippen LogP contribution in [0.5, 0.6) is 5.75 Å². The van der Waals surface area contributed by atoms with Crippen LogP contribution in [-0.4, -0.2) is 30.4 Å². The topological polar surface area (TPSA) is 81.7 Å². The van der Waals surface area contributed by atoms with Crippen LogP contribution in [0.2, 0.25) is 5.02 Å². The molecule has 0 saturated heterocycles. The Morgan fingerprint density at radius 1 is 1.04 bits per heavy atom. The highest BCUT2D eigenvalue weighted by Gasteiger charge is 2.18. The molecule has 0 saturated carbocycles. The van der Waals surface area contributed by atoms with Crippen LogP contribution in [0.15, 0.2) is 48.5 Å². The number of halogens is 1. The number of hydrogen-bond donors (Lipinski definition) is 1. The van der Waals surface area contributed by atoms with Gasteiger partial charge in [-0.2, -0.15) is 0 Å². The molecule has 26 heavy (non-hydrogen) atoms. The summed E-state index contributed by atoms with van der Waals surface area (Å²) >= 11 is 5.78. The van der Waals surface area contributed by atoms with Gasteiger partial charge >= 0.3 is 5.97 Å². The minimum Gasteiger partial charge on any atom is -0.482 e. The van der Waals surface area contributed by atoms with Gasteiger partial charge in [-0.15, -0.1) is 0 Å². The van der Waals surface area contributed by atoms with E-state index < -0.39 is 18.0 Å². The van der Waals surface area contributed by atoms with E-state index in [2.05, 4.69) is 5.32 Å². The van der Waals surface area contributed by atoms with Crippen LogP contribution in [0, 0.1) is 0 Å². The van der Waals surface area contributed by atoms with E-state index in [1.165, 1.54) is 13.8 Å². The van der Waals surface area contributed by atoms with Gasteiger partial charge in [0.2, 0.25) is 0 Å². The van der Waals surface area contributed by atoms with Crippen LogP contribution in [0.1, 0.15) is 24.2 Å². The number of amides is 1. The maximum absolute atomic E-state index is 12.0. The highest BCUT2D eigenvalue weighted by Crippen LogP contribution is 2.14. The van der Waals surface area contributed by atoms with E-state index in [0.717, 1.165) is 0 Å². The molecule has 2 rings (SSSR count). The number of nitrogens with one attached hydrogen (secondary N) is 1. The minimum absolute atomic E-state index is 0.0588. The monoisotopic (exact) mass is 375 g/mol. The summed E-state index contributed by atoms with van der Waals surface area (Å²) in [7, 11) is 0. The Bertz CT molecular complexity index is 787. The largest absolute Gasteiger partial charge is 0.482 e. The van der Waals surface area contributed by atoms with Crippen LogP contribution in [-0.2, 0) is 14.3 Å². The van der Waals surface area contributed by atoms with Crippen molar-refractivity contribution in [1.82, 2.24) is 0 Å². The van der Waals surface area contributed by atoms with Gasteiger partial charge in [-0.05, 0) is 62.4 Å². The van der Waals surface area contributed by atoms with Crippen molar-refractivity contribution in [3.63, 3.8) is 0 Å². The lowest BCUT2D eigenvalue weighted by molar-refractivity contribution is -0.155. The number of esters is 1. The number of ether oxygens (including phenoxy) is 2. The fourth-order valence-electron chi connectivity index (χ4n) is 1.99. The standard InChI is InChI=1S/C19H18ClNO5/c1-12(22)14-3-9-17(10-4-14)25-11-18(23)26-13(2)19(24)21-16-7-5-15(20)6-8-16/h3-10,13H,11H2,1-2H3,(H,21,24)/t13-/m1/s1. The van der Waals surface area contributed by atoms with Crippen LogP contribution in [0.3, 0.4) is 0 Å². The van der Waals surface area contributed by atoms with Gasteiger partial charge in [-0.3, -0.25) is 9.59 Å².